The van der Waals surface area contributed by atoms with Gasteiger partial charge in [-0.25, -0.2) is 10.6 Å². The van der Waals surface area contributed by atoms with Crippen LogP contribution in [0.4, 0.5) is 4.79 Å². The Bertz CT molecular complexity index is 240. The second kappa shape index (κ2) is 7.04. The molecule has 0 saturated heterocycles. The lowest BCUT2D eigenvalue weighted by Crippen LogP contribution is -2.32. The number of carbonyl (C=O) groups is 1. The zero-order chi connectivity index (χ0) is 8.10. The van der Waals surface area contributed by atoms with Crippen molar-refractivity contribution in [2.75, 3.05) is 0 Å². The van der Waals surface area contributed by atoms with E-state index in [1.807, 2.05) is 11.5 Å². The summed E-state index contributed by atoms with van der Waals surface area (Å²) in [6.07, 6.45) is -0.670. The third-order valence-electron chi connectivity index (χ3n) is 1.07. The summed E-state index contributed by atoms with van der Waals surface area (Å²) in [7, 11) is 0. The van der Waals surface area contributed by atoms with Crippen LogP contribution in [-0.4, -0.2) is 17.0 Å². The maximum absolute atomic E-state index is 10.5. The van der Waals surface area contributed by atoms with Crippen molar-refractivity contribution >= 4 is 6.09 Å². The molecule has 1 amide bonds. The number of hydrogen-bond donors (Lipinski definition) is 2. The Kier molecular flexibility index (Phi) is 7.54. The molecule has 13 heavy (non-hydrogen) atoms. The van der Waals surface area contributed by atoms with Crippen LogP contribution in [0.1, 0.15) is 0 Å². The number of nitrogens with one attached hydrogen (secondary N) is 1. The number of hydrogen-bond acceptors (Lipinski definition) is 3. The highest BCUT2D eigenvalue weighted by Crippen LogP contribution is 2.07. The van der Waals surface area contributed by atoms with Crippen molar-refractivity contribution in [2.24, 2.45) is 5.84 Å². The predicted molar refractivity (Wildman–Crippen MR) is 47.0 cm³/mol. The molecule has 0 atom stereocenters. The fraction of sp³-hybridized carbons (Fsp3) is 0. The minimum absolute atomic E-state index is 0. The summed E-state index contributed by atoms with van der Waals surface area (Å²) < 4.78 is 4.69. The molecule has 6 heteroatoms. The molecule has 7 N–H and O–H groups in total. The first-order valence-corrected chi connectivity index (χ1v) is 3.06. The van der Waals surface area contributed by atoms with Gasteiger partial charge in [0, 0.05) is 0 Å². The monoisotopic (exact) mass is 188 g/mol. The van der Waals surface area contributed by atoms with E-state index >= 15 is 0 Å². The Morgan fingerprint density at radius 1 is 1.23 bits per heavy atom. The summed E-state index contributed by atoms with van der Waals surface area (Å²) in [5.41, 5.74) is 1.85. The fourth-order valence-electron chi connectivity index (χ4n) is 0.625. The van der Waals surface area contributed by atoms with E-state index < -0.39 is 6.09 Å². The van der Waals surface area contributed by atoms with E-state index in [-0.39, 0.29) is 11.0 Å². The summed E-state index contributed by atoms with van der Waals surface area (Å²) in [4.78, 5) is 10.5. The standard InChI is InChI=1S/C7H8N2O2.2H2O/c8-9-7(10)11-6-4-2-1-3-5-6;;/h1-5H,8H2,(H,9,10);2*1H2. The fourth-order valence-corrected chi connectivity index (χ4v) is 0.625. The van der Waals surface area contributed by atoms with Crippen molar-refractivity contribution in [3.05, 3.63) is 30.3 Å². The minimum Gasteiger partial charge on any atom is -0.412 e. The SMILES string of the molecule is NNC(=O)Oc1ccccc1.O.O. The number of carbonyl (C=O) groups excluding carboxylic acids is 1. The number of para-hydroxylation sites is 1. The molecule has 1 rings (SSSR count). The zero-order valence-electron chi connectivity index (χ0n) is 6.78. The van der Waals surface area contributed by atoms with Crippen molar-refractivity contribution in [1.29, 1.82) is 0 Å². The third kappa shape index (κ3) is 4.75. The zero-order valence-corrected chi connectivity index (χ0v) is 6.78. The van der Waals surface area contributed by atoms with Gasteiger partial charge in [0.25, 0.3) is 0 Å². The van der Waals surface area contributed by atoms with E-state index in [0.29, 0.717) is 5.75 Å². The van der Waals surface area contributed by atoms with Gasteiger partial charge in [-0.2, -0.15) is 0 Å². The molecule has 0 aromatic heterocycles. The third-order valence-corrected chi connectivity index (χ3v) is 1.07. The summed E-state index contributed by atoms with van der Waals surface area (Å²) >= 11 is 0. The molecule has 1 aromatic rings. The topological polar surface area (TPSA) is 127 Å². The Morgan fingerprint density at radius 3 is 2.23 bits per heavy atom. The van der Waals surface area contributed by atoms with Crippen LogP contribution in [0.15, 0.2) is 30.3 Å². The maximum atomic E-state index is 10.5. The van der Waals surface area contributed by atoms with Gasteiger partial charge in [-0.1, -0.05) is 18.2 Å². The van der Waals surface area contributed by atoms with Crippen molar-refractivity contribution in [2.45, 2.75) is 0 Å². The average Bonchev–Trinajstić information content (AvgIpc) is 2.06. The summed E-state index contributed by atoms with van der Waals surface area (Å²) in [6.45, 7) is 0. The van der Waals surface area contributed by atoms with Crippen LogP contribution in [0.5, 0.6) is 5.75 Å². The van der Waals surface area contributed by atoms with Gasteiger partial charge >= 0.3 is 6.09 Å². The van der Waals surface area contributed by atoms with Gasteiger partial charge in [0.05, 0.1) is 0 Å². The molecule has 0 fully saturated rings. The van der Waals surface area contributed by atoms with E-state index in [1.165, 1.54) is 0 Å². The van der Waals surface area contributed by atoms with Crippen LogP contribution in [0.3, 0.4) is 0 Å². The quantitative estimate of drug-likeness (QED) is 0.333. The molecular weight excluding hydrogens is 176 g/mol. The van der Waals surface area contributed by atoms with Crippen LogP contribution in [0, 0.1) is 0 Å². The summed E-state index contributed by atoms with van der Waals surface area (Å²) in [5.74, 6) is 5.26. The van der Waals surface area contributed by atoms with Gasteiger partial charge in [-0.3, -0.25) is 5.43 Å². The van der Waals surface area contributed by atoms with E-state index in [0.717, 1.165) is 0 Å². The lowest BCUT2D eigenvalue weighted by Gasteiger charge is -2.00. The smallest absolute Gasteiger partial charge is 0.412 e. The molecule has 0 aliphatic rings. The van der Waals surface area contributed by atoms with E-state index in [2.05, 4.69) is 4.74 Å². The van der Waals surface area contributed by atoms with Crippen LogP contribution >= 0.6 is 0 Å². The molecule has 0 heterocycles. The van der Waals surface area contributed by atoms with Gasteiger partial charge in [0.15, 0.2) is 0 Å². The molecule has 0 aliphatic carbocycles. The molecule has 0 spiro atoms. The minimum atomic E-state index is -0.670. The van der Waals surface area contributed by atoms with Crippen LogP contribution in [0.2, 0.25) is 0 Å². The molecule has 0 saturated carbocycles. The van der Waals surface area contributed by atoms with Crippen LogP contribution in [0.25, 0.3) is 0 Å². The Balaban J connectivity index is 0. The van der Waals surface area contributed by atoms with Crippen molar-refractivity contribution in [1.82, 2.24) is 5.43 Å². The number of amides is 1. The van der Waals surface area contributed by atoms with Gasteiger partial charge in [0.2, 0.25) is 0 Å². The molecule has 0 radical (unpaired) electrons. The predicted octanol–water partition coefficient (Wildman–Crippen LogP) is -1.00. The lowest BCUT2D eigenvalue weighted by molar-refractivity contribution is 0.200. The Morgan fingerprint density at radius 2 is 1.77 bits per heavy atom. The van der Waals surface area contributed by atoms with Gasteiger partial charge in [-0.05, 0) is 12.1 Å². The second-order valence-corrected chi connectivity index (χ2v) is 1.85. The van der Waals surface area contributed by atoms with Crippen LogP contribution < -0.4 is 16.0 Å². The van der Waals surface area contributed by atoms with Crippen molar-refractivity contribution in [3.63, 3.8) is 0 Å². The summed E-state index contributed by atoms with van der Waals surface area (Å²) in [6, 6.07) is 8.68. The largest absolute Gasteiger partial charge is 0.426 e. The Labute approximate surface area is 74.9 Å². The second-order valence-electron chi connectivity index (χ2n) is 1.85. The van der Waals surface area contributed by atoms with Gasteiger partial charge in [-0.15, -0.1) is 0 Å². The normalized spacial score (nSPS) is 7.46. The van der Waals surface area contributed by atoms with E-state index in [9.17, 15) is 4.79 Å². The highest BCUT2D eigenvalue weighted by atomic mass is 16.6. The molecular formula is C7H12N2O4. The van der Waals surface area contributed by atoms with Crippen molar-refractivity contribution < 1.29 is 20.5 Å². The molecule has 6 nitrogen and oxygen atoms in total. The first kappa shape index (κ1) is 13.9. The molecule has 0 bridgehead atoms. The lowest BCUT2D eigenvalue weighted by atomic mass is 10.3. The Hall–Kier alpha value is -1.63. The summed E-state index contributed by atoms with van der Waals surface area (Å²) in [5, 5.41) is 0. The van der Waals surface area contributed by atoms with E-state index in [1.54, 1.807) is 24.3 Å². The highest BCUT2D eigenvalue weighted by Gasteiger charge is 1.98. The van der Waals surface area contributed by atoms with Gasteiger partial charge in [0.1, 0.15) is 5.75 Å². The molecule has 74 valence electrons. The first-order chi connectivity index (χ1) is 5.33. The number of hydrazine groups is 1. The first-order valence-electron chi connectivity index (χ1n) is 3.06. The number of nitrogens with two attached hydrogens (primary N) is 1. The number of rotatable bonds is 1. The van der Waals surface area contributed by atoms with Crippen molar-refractivity contribution in [3.8, 4) is 5.75 Å². The highest BCUT2D eigenvalue weighted by molar-refractivity contribution is 5.69. The van der Waals surface area contributed by atoms with Gasteiger partial charge < -0.3 is 15.7 Å². The van der Waals surface area contributed by atoms with E-state index in [4.69, 9.17) is 5.84 Å². The molecule has 0 aliphatic heterocycles. The molecule has 1 aromatic carbocycles. The number of benzene rings is 1. The molecule has 0 unspecified atom stereocenters. The maximum Gasteiger partial charge on any atom is 0.426 e. The number of ether oxygens (including phenoxy) is 1. The van der Waals surface area contributed by atoms with Crippen LogP contribution in [-0.2, 0) is 0 Å². The average molecular weight is 188 g/mol.